The third-order valence-corrected chi connectivity index (χ3v) is 4.49. The Morgan fingerprint density at radius 2 is 1.96 bits per heavy atom. The molecule has 3 aromatic heterocycles. The van der Waals surface area contributed by atoms with Gasteiger partial charge in [-0.1, -0.05) is 12.1 Å². The number of nitrogens with one attached hydrogen (secondary N) is 2. The van der Waals surface area contributed by atoms with Gasteiger partial charge in [0.05, 0.1) is 17.6 Å². The Kier molecular flexibility index (Phi) is 4.53. The molecule has 0 atom stereocenters. The second-order valence-corrected chi connectivity index (χ2v) is 6.48. The van der Waals surface area contributed by atoms with E-state index in [1.807, 2.05) is 53.9 Å². The van der Waals surface area contributed by atoms with Crippen LogP contribution in [0.1, 0.15) is 5.69 Å². The van der Waals surface area contributed by atoms with Crippen molar-refractivity contribution in [2.75, 3.05) is 10.6 Å². The van der Waals surface area contributed by atoms with Gasteiger partial charge in [-0.2, -0.15) is 0 Å². The Bertz CT molecular complexity index is 1050. The lowest BCUT2D eigenvalue weighted by molar-refractivity contribution is -0.115. The molecule has 0 spiro atoms. The van der Waals surface area contributed by atoms with Crippen molar-refractivity contribution < 1.29 is 4.79 Å². The van der Waals surface area contributed by atoms with Crippen LogP contribution in [-0.4, -0.2) is 20.9 Å². The normalized spacial score (nSPS) is 10.6. The number of thiazole rings is 1. The highest BCUT2D eigenvalue weighted by atomic mass is 32.1. The Balaban J connectivity index is 1.40. The van der Waals surface area contributed by atoms with Gasteiger partial charge in [0.2, 0.25) is 5.91 Å². The van der Waals surface area contributed by atoms with Crippen molar-refractivity contribution in [1.82, 2.24) is 15.0 Å². The van der Waals surface area contributed by atoms with Crippen LogP contribution in [0.5, 0.6) is 0 Å². The lowest BCUT2D eigenvalue weighted by Crippen LogP contribution is -2.14. The summed E-state index contributed by atoms with van der Waals surface area (Å²) < 4.78 is 0. The third kappa shape index (κ3) is 3.84. The molecule has 3 heterocycles. The molecule has 0 aliphatic rings. The molecule has 0 unspecified atom stereocenters. The zero-order valence-corrected chi connectivity index (χ0v) is 14.5. The maximum atomic E-state index is 12.3. The second-order valence-electron chi connectivity index (χ2n) is 5.62. The number of nitrogens with zero attached hydrogens (tertiary/aromatic N) is 3. The van der Waals surface area contributed by atoms with Crippen LogP contribution in [0.15, 0.2) is 66.3 Å². The number of benzene rings is 1. The van der Waals surface area contributed by atoms with Crippen LogP contribution < -0.4 is 10.6 Å². The quantitative estimate of drug-likeness (QED) is 0.561. The highest BCUT2D eigenvalue weighted by Gasteiger charge is 2.09. The summed E-state index contributed by atoms with van der Waals surface area (Å²) >= 11 is 1.44. The largest absolute Gasteiger partial charge is 0.326 e. The van der Waals surface area contributed by atoms with Gasteiger partial charge in [0.1, 0.15) is 5.82 Å². The zero-order valence-electron chi connectivity index (χ0n) is 13.7. The van der Waals surface area contributed by atoms with Crippen molar-refractivity contribution in [3.05, 3.63) is 72.0 Å². The highest BCUT2D eigenvalue weighted by molar-refractivity contribution is 7.13. The van der Waals surface area contributed by atoms with E-state index in [-0.39, 0.29) is 12.3 Å². The summed E-state index contributed by atoms with van der Waals surface area (Å²) in [6, 6.07) is 15.1. The zero-order chi connectivity index (χ0) is 17.8. The lowest BCUT2D eigenvalue weighted by Gasteiger charge is -2.05. The molecule has 128 valence electrons. The minimum absolute atomic E-state index is 0.108. The van der Waals surface area contributed by atoms with Crippen LogP contribution in [0.2, 0.25) is 0 Å². The number of hydrogen-bond acceptors (Lipinski definition) is 6. The number of fused-ring (bicyclic) bond motifs is 1. The number of anilines is 3. The summed E-state index contributed by atoms with van der Waals surface area (Å²) in [4.78, 5) is 25.2. The van der Waals surface area contributed by atoms with Gasteiger partial charge in [-0.3, -0.25) is 9.78 Å². The van der Waals surface area contributed by atoms with Gasteiger partial charge in [-0.05, 0) is 36.4 Å². The number of aromatic nitrogens is 3. The van der Waals surface area contributed by atoms with Crippen LogP contribution in [0, 0.1) is 0 Å². The molecule has 0 radical (unpaired) electrons. The predicted molar refractivity (Wildman–Crippen MR) is 104 cm³/mol. The average molecular weight is 361 g/mol. The fourth-order valence-electron chi connectivity index (χ4n) is 2.51. The van der Waals surface area contributed by atoms with E-state index in [0.29, 0.717) is 10.8 Å². The number of hydrogen-bond donors (Lipinski definition) is 2. The van der Waals surface area contributed by atoms with E-state index in [4.69, 9.17) is 0 Å². The van der Waals surface area contributed by atoms with Crippen LogP contribution >= 0.6 is 11.3 Å². The van der Waals surface area contributed by atoms with E-state index in [9.17, 15) is 4.79 Å². The fraction of sp³-hybridized carbons (Fsp3) is 0.0526. The molecule has 2 N–H and O–H groups in total. The first kappa shape index (κ1) is 16.2. The molecule has 4 rings (SSSR count). The fourth-order valence-corrected chi connectivity index (χ4v) is 3.23. The van der Waals surface area contributed by atoms with Gasteiger partial charge in [0.25, 0.3) is 0 Å². The smallest absolute Gasteiger partial charge is 0.230 e. The average Bonchev–Trinajstić information content (AvgIpc) is 3.09. The molecule has 0 saturated carbocycles. The van der Waals surface area contributed by atoms with Gasteiger partial charge < -0.3 is 10.6 Å². The second kappa shape index (κ2) is 7.28. The summed E-state index contributed by atoms with van der Waals surface area (Å²) in [5, 5.41) is 9.60. The van der Waals surface area contributed by atoms with E-state index in [1.165, 1.54) is 11.3 Å². The van der Waals surface area contributed by atoms with E-state index in [0.717, 1.165) is 22.4 Å². The van der Waals surface area contributed by atoms with Crippen molar-refractivity contribution in [3.63, 3.8) is 0 Å². The maximum absolute atomic E-state index is 12.3. The van der Waals surface area contributed by atoms with Crippen molar-refractivity contribution >= 4 is 44.8 Å². The summed E-state index contributed by atoms with van der Waals surface area (Å²) in [5.41, 5.74) is 2.36. The SMILES string of the molecule is O=C(Cc1csc(Nc2ccccn2)n1)Nc1ccc2ncccc2c1. The van der Waals surface area contributed by atoms with Crippen molar-refractivity contribution in [2.45, 2.75) is 6.42 Å². The number of carbonyl (C=O) groups excluding carboxylic acids is 1. The molecule has 0 aliphatic heterocycles. The number of rotatable bonds is 5. The molecular weight excluding hydrogens is 346 g/mol. The minimum atomic E-state index is -0.108. The van der Waals surface area contributed by atoms with Crippen LogP contribution in [-0.2, 0) is 11.2 Å². The van der Waals surface area contributed by atoms with Crippen molar-refractivity contribution in [2.24, 2.45) is 0 Å². The molecule has 0 saturated heterocycles. The van der Waals surface area contributed by atoms with E-state index in [2.05, 4.69) is 25.6 Å². The Labute approximate surface area is 154 Å². The van der Waals surface area contributed by atoms with Crippen molar-refractivity contribution in [1.29, 1.82) is 0 Å². The molecule has 7 heteroatoms. The molecule has 6 nitrogen and oxygen atoms in total. The lowest BCUT2D eigenvalue weighted by atomic mass is 10.2. The van der Waals surface area contributed by atoms with E-state index >= 15 is 0 Å². The minimum Gasteiger partial charge on any atom is -0.326 e. The van der Waals surface area contributed by atoms with E-state index < -0.39 is 0 Å². The number of pyridine rings is 2. The summed E-state index contributed by atoms with van der Waals surface area (Å²) in [6.07, 6.45) is 3.67. The highest BCUT2D eigenvalue weighted by Crippen LogP contribution is 2.21. The van der Waals surface area contributed by atoms with Crippen molar-refractivity contribution in [3.8, 4) is 0 Å². The van der Waals surface area contributed by atoms with E-state index in [1.54, 1.807) is 12.4 Å². The van der Waals surface area contributed by atoms with Gasteiger partial charge >= 0.3 is 0 Å². The van der Waals surface area contributed by atoms with Gasteiger partial charge in [-0.15, -0.1) is 11.3 Å². The summed E-state index contributed by atoms with van der Waals surface area (Å²) in [6.45, 7) is 0. The Morgan fingerprint density at radius 3 is 2.85 bits per heavy atom. The molecule has 0 aliphatic carbocycles. The Morgan fingerprint density at radius 1 is 1.04 bits per heavy atom. The number of carbonyl (C=O) groups is 1. The van der Waals surface area contributed by atoms with Gasteiger partial charge in [-0.25, -0.2) is 9.97 Å². The number of amides is 1. The summed E-state index contributed by atoms with van der Waals surface area (Å²) in [5.74, 6) is 0.616. The topological polar surface area (TPSA) is 79.8 Å². The first-order valence-corrected chi connectivity index (χ1v) is 8.91. The van der Waals surface area contributed by atoms with Gasteiger partial charge in [0, 0.05) is 28.8 Å². The Hall–Kier alpha value is -3.32. The van der Waals surface area contributed by atoms with Crippen LogP contribution in [0.3, 0.4) is 0 Å². The standard InChI is InChI=1S/C19H15N5OS/c25-18(22-14-6-7-16-13(10-14)4-3-9-20-16)11-15-12-26-19(23-15)24-17-5-1-2-8-21-17/h1-10,12H,11H2,(H,22,25)(H,21,23,24). The molecule has 1 aromatic carbocycles. The van der Waals surface area contributed by atoms with Gasteiger partial charge in [0.15, 0.2) is 5.13 Å². The third-order valence-electron chi connectivity index (χ3n) is 3.68. The maximum Gasteiger partial charge on any atom is 0.230 e. The molecule has 26 heavy (non-hydrogen) atoms. The first-order valence-electron chi connectivity index (χ1n) is 8.03. The molecule has 0 bridgehead atoms. The van der Waals surface area contributed by atoms with Crippen LogP contribution in [0.25, 0.3) is 10.9 Å². The summed E-state index contributed by atoms with van der Waals surface area (Å²) in [7, 11) is 0. The first-order chi connectivity index (χ1) is 12.8. The molecular formula is C19H15N5OS. The monoisotopic (exact) mass is 361 g/mol. The molecule has 0 fully saturated rings. The van der Waals surface area contributed by atoms with Crippen LogP contribution in [0.4, 0.5) is 16.6 Å². The molecule has 1 amide bonds. The molecule has 4 aromatic rings. The predicted octanol–water partition coefficient (Wildman–Crippen LogP) is 4.01.